The molecule has 1 N–H and O–H groups in total. The fraction of sp³-hybridized carbons (Fsp3) is 0.571. The SMILES string of the molecule is CCCNC1CC(c2c(F)cccc2OC)C1. The molecule has 0 spiro atoms. The lowest BCUT2D eigenvalue weighted by Gasteiger charge is -2.37. The molecule has 0 aliphatic heterocycles. The van der Waals surface area contributed by atoms with E-state index in [1.165, 1.54) is 6.07 Å². The van der Waals surface area contributed by atoms with E-state index in [4.69, 9.17) is 4.74 Å². The molecule has 3 heteroatoms. The molecule has 1 saturated carbocycles. The summed E-state index contributed by atoms with van der Waals surface area (Å²) in [6.45, 7) is 3.20. The molecule has 0 heterocycles. The summed E-state index contributed by atoms with van der Waals surface area (Å²) in [5.41, 5.74) is 0.754. The van der Waals surface area contributed by atoms with Crippen LogP contribution in [-0.2, 0) is 0 Å². The lowest BCUT2D eigenvalue weighted by Crippen LogP contribution is -2.40. The first-order chi connectivity index (χ1) is 8.26. The first-order valence-electron chi connectivity index (χ1n) is 6.32. The molecule has 0 radical (unpaired) electrons. The Morgan fingerprint density at radius 1 is 1.41 bits per heavy atom. The standard InChI is InChI=1S/C14H20FNO/c1-3-7-16-11-8-10(9-11)14-12(15)5-4-6-13(14)17-2/h4-6,10-11,16H,3,7-9H2,1-2H3. The second-order valence-corrected chi connectivity index (χ2v) is 4.68. The van der Waals surface area contributed by atoms with Gasteiger partial charge in [0.05, 0.1) is 7.11 Å². The summed E-state index contributed by atoms with van der Waals surface area (Å²) < 4.78 is 19.0. The minimum absolute atomic E-state index is 0.136. The number of hydrogen-bond donors (Lipinski definition) is 1. The molecule has 0 unspecified atom stereocenters. The zero-order valence-corrected chi connectivity index (χ0v) is 10.5. The Morgan fingerprint density at radius 3 is 2.82 bits per heavy atom. The van der Waals surface area contributed by atoms with Crippen molar-refractivity contribution in [3.63, 3.8) is 0 Å². The number of ether oxygens (including phenoxy) is 1. The van der Waals surface area contributed by atoms with Crippen LogP contribution >= 0.6 is 0 Å². The highest BCUT2D eigenvalue weighted by Gasteiger charge is 2.33. The van der Waals surface area contributed by atoms with Crippen LogP contribution < -0.4 is 10.1 Å². The third-order valence-electron chi connectivity index (χ3n) is 3.46. The van der Waals surface area contributed by atoms with Gasteiger partial charge in [-0.2, -0.15) is 0 Å². The Kier molecular flexibility index (Phi) is 4.00. The zero-order valence-electron chi connectivity index (χ0n) is 10.5. The van der Waals surface area contributed by atoms with Crippen LogP contribution in [0.2, 0.25) is 0 Å². The van der Waals surface area contributed by atoms with Gasteiger partial charge in [0.1, 0.15) is 11.6 Å². The minimum atomic E-state index is -0.136. The van der Waals surface area contributed by atoms with Gasteiger partial charge >= 0.3 is 0 Å². The largest absolute Gasteiger partial charge is 0.496 e. The van der Waals surface area contributed by atoms with Crippen LogP contribution in [0.4, 0.5) is 4.39 Å². The van der Waals surface area contributed by atoms with Crippen molar-refractivity contribution in [1.29, 1.82) is 0 Å². The maximum Gasteiger partial charge on any atom is 0.130 e. The van der Waals surface area contributed by atoms with Crippen LogP contribution in [0.1, 0.15) is 37.7 Å². The summed E-state index contributed by atoms with van der Waals surface area (Å²) in [5, 5.41) is 3.46. The van der Waals surface area contributed by atoms with Crippen molar-refractivity contribution in [3.8, 4) is 5.75 Å². The average Bonchev–Trinajstić information content (AvgIpc) is 2.28. The first-order valence-corrected chi connectivity index (χ1v) is 6.32. The number of benzene rings is 1. The van der Waals surface area contributed by atoms with Gasteiger partial charge in [-0.25, -0.2) is 4.39 Å². The van der Waals surface area contributed by atoms with Crippen molar-refractivity contribution in [1.82, 2.24) is 5.32 Å². The van der Waals surface area contributed by atoms with Gasteiger partial charge in [0.25, 0.3) is 0 Å². The Labute approximate surface area is 102 Å². The maximum atomic E-state index is 13.8. The van der Waals surface area contributed by atoms with E-state index in [2.05, 4.69) is 12.2 Å². The summed E-state index contributed by atoms with van der Waals surface area (Å²) >= 11 is 0. The predicted molar refractivity (Wildman–Crippen MR) is 67.0 cm³/mol. The molecule has 2 nitrogen and oxygen atoms in total. The summed E-state index contributed by atoms with van der Waals surface area (Å²) in [6, 6.07) is 5.60. The molecule has 1 aromatic rings. The van der Waals surface area contributed by atoms with E-state index in [0.717, 1.165) is 31.4 Å². The number of hydrogen-bond acceptors (Lipinski definition) is 2. The van der Waals surface area contributed by atoms with Gasteiger partial charge in [-0.3, -0.25) is 0 Å². The molecule has 1 aliphatic carbocycles. The lowest BCUT2D eigenvalue weighted by atomic mass is 9.75. The lowest BCUT2D eigenvalue weighted by molar-refractivity contribution is 0.277. The molecule has 17 heavy (non-hydrogen) atoms. The van der Waals surface area contributed by atoms with Crippen molar-refractivity contribution in [2.75, 3.05) is 13.7 Å². The van der Waals surface area contributed by atoms with Crippen LogP contribution in [0.5, 0.6) is 5.75 Å². The molecule has 94 valence electrons. The van der Waals surface area contributed by atoms with E-state index in [1.807, 2.05) is 6.07 Å². The van der Waals surface area contributed by atoms with E-state index >= 15 is 0 Å². The second kappa shape index (κ2) is 5.50. The molecule has 0 saturated heterocycles. The van der Waals surface area contributed by atoms with E-state index in [0.29, 0.717) is 17.7 Å². The molecule has 0 bridgehead atoms. The van der Waals surface area contributed by atoms with Crippen LogP contribution in [0.25, 0.3) is 0 Å². The molecule has 0 atom stereocenters. The molecule has 1 aromatic carbocycles. The summed E-state index contributed by atoms with van der Waals surface area (Å²) in [5.74, 6) is 0.854. The predicted octanol–water partition coefficient (Wildman–Crippen LogP) is 3.08. The fourth-order valence-electron chi connectivity index (χ4n) is 2.46. The fourth-order valence-corrected chi connectivity index (χ4v) is 2.46. The number of nitrogens with one attached hydrogen (secondary N) is 1. The van der Waals surface area contributed by atoms with Gasteiger partial charge in [0, 0.05) is 11.6 Å². The number of halogens is 1. The van der Waals surface area contributed by atoms with Crippen LogP contribution in [0.15, 0.2) is 18.2 Å². The van der Waals surface area contributed by atoms with E-state index < -0.39 is 0 Å². The summed E-state index contributed by atoms with van der Waals surface area (Å²) in [4.78, 5) is 0. The van der Waals surface area contributed by atoms with Crippen molar-refractivity contribution in [3.05, 3.63) is 29.6 Å². The molecule has 1 fully saturated rings. The van der Waals surface area contributed by atoms with Crippen LogP contribution in [0, 0.1) is 5.82 Å². The van der Waals surface area contributed by atoms with Crippen molar-refractivity contribution in [2.24, 2.45) is 0 Å². The van der Waals surface area contributed by atoms with Crippen LogP contribution in [0.3, 0.4) is 0 Å². The van der Waals surface area contributed by atoms with Gasteiger partial charge in [0.2, 0.25) is 0 Å². The smallest absolute Gasteiger partial charge is 0.130 e. The quantitative estimate of drug-likeness (QED) is 0.849. The monoisotopic (exact) mass is 237 g/mol. The molecule has 2 rings (SSSR count). The molecule has 0 aromatic heterocycles. The zero-order chi connectivity index (χ0) is 12.3. The minimum Gasteiger partial charge on any atom is -0.496 e. The van der Waals surface area contributed by atoms with E-state index in [9.17, 15) is 4.39 Å². The topological polar surface area (TPSA) is 21.3 Å². The highest BCUT2D eigenvalue weighted by atomic mass is 19.1. The van der Waals surface area contributed by atoms with Gasteiger partial charge < -0.3 is 10.1 Å². The molecular formula is C14H20FNO. The van der Waals surface area contributed by atoms with E-state index in [-0.39, 0.29) is 5.82 Å². The molecular weight excluding hydrogens is 217 g/mol. The van der Waals surface area contributed by atoms with Crippen LogP contribution in [-0.4, -0.2) is 19.7 Å². The van der Waals surface area contributed by atoms with Crippen molar-refractivity contribution in [2.45, 2.75) is 38.1 Å². The highest BCUT2D eigenvalue weighted by molar-refractivity contribution is 5.39. The Hall–Kier alpha value is -1.09. The van der Waals surface area contributed by atoms with Gasteiger partial charge in [-0.05, 0) is 43.9 Å². The van der Waals surface area contributed by atoms with Gasteiger partial charge in [-0.15, -0.1) is 0 Å². The Morgan fingerprint density at radius 2 is 2.18 bits per heavy atom. The number of methoxy groups -OCH3 is 1. The Bertz CT molecular complexity index is 374. The van der Waals surface area contributed by atoms with E-state index in [1.54, 1.807) is 13.2 Å². The molecule has 0 amide bonds. The first kappa shape index (κ1) is 12.4. The summed E-state index contributed by atoms with van der Waals surface area (Å²) in [6.07, 6.45) is 3.17. The normalized spacial score (nSPS) is 23.2. The van der Waals surface area contributed by atoms with Gasteiger partial charge in [-0.1, -0.05) is 13.0 Å². The maximum absolute atomic E-state index is 13.8. The average molecular weight is 237 g/mol. The number of rotatable bonds is 5. The third kappa shape index (κ3) is 2.60. The van der Waals surface area contributed by atoms with Crippen molar-refractivity contribution < 1.29 is 9.13 Å². The third-order valence-corrected chi connectivity index (χ3v) is 3.46. The Balaban J connectivity index is 2.00. The van der Waals surface area contributed by atoms with Gasteiger partial charge in [0.15, 0.2) is 0 Å². The van der Waals surface area contributed by atoms with Crippen molar-refractivity contribution >= 4 is 0 Å². The highest BCUT2D eigenvalue weighted by Crippen LogP contribution is 2.42. The molecule has 1 aliphatic rings. The summed E-state index contributed by atoms with van der Waals surface area (Å²) in [7, 11) is 1.60. The second-order valence-electron chi connectivity index (χ2n) is 4.68.